The second-order valence-corrected chi connectivity index (χ2v) is 4.46. The predicted octanol–water partition coefficient (Wildman–Crippen LogP) is 2.43. The number of hydrogen-bond donors (Lipinski definition) is 1. The molecule has 4 heteroatoms. The summed E-state index contributed by atoms with van der Waals surface area (Å²) in [6.07, 6.45) is 4.90. The Hall–Kier alpha value is -3.11. The molecule has 3 rings (SSSR count). The van der Waals surface area contributed by atoms with Gasteiger partial charge in [-0.1, -0.05) is 17.8 Å². The minimum Gasteiger partial charge on any atom is -0.345 e. The van der Waals surface area contributed by atoms with Gasteiger partial charge >= 0.3 is 0 Å². The summed E-state index contributed by atoms with van der Waals surface area (Å²) in [5, 5.41) is 0. The molecule has 0 bridgehead atoms. The molecular weight excluding hydrogens is 260 g/mol. The normalized spacial score (nSPS) is 9.62. The van der Waals surface area contributed by atoms with Crippen molar-refractivity contribution in [2.45, 2.75) is 13.8 Å². The molecular formula is C17H12N4. The Labute approximate surface area is 122 Å². The van der Waals surface area contributed by atoms with Crippen molar-refractivity contribution in [3.05, 3.63) is 53.4 Å². The van der Waals surface area contributed by atoms with Gasteiger partial charge in [0.15, 0.2) is 0 Å². The van der Waals surface area contributed by atoms with E-state index < -0.39 is 0 Å². The van der Waals surface area contributed by atoms with Crippen LogP contribution in [0.25, 0.3) is 11.0 Å². The molecule has 0 aliphatic carbocycles. The van der Waals surface area contributed by atoms with Crippen LogP contribution in [-0.2, 0) is 0 Å². The van der Waals surface area contributed by atoms with Crippen LogP contribution in [0.1, 0.15) is 29.3 Å². The molecule has 2 aromatic heterocycles. The van der Waals surface area contributed by atoms with Crippen molar-refractivity contribution >= 4 is 11.0 Å². The molecule has 0 aliphatic rings. The molecule has 0 unspecified atom stereocenters. The quantitative estimate of drug-likeness (QED) is 0.639. The number of hydrogen-bond acceptors (Lipinski definition) is 3. The van der Waals surface area contributed by atoms with Gasteiger partial charge in [-0.2, -0.15) is 0 Å². The standard InChI is InChI=1S/C17H12N4/c1-3-4-13-7-16-17(21-11-20-16)8-14(13)5-6-15-9-18-10-19-12(15)2/h7-11H,1-2H3,(H,20,21). The highest BCUT2D eigenvalue weighted by Crippen LogP contribution is 2.16. The molecule has 1 N–H and O–H groups in total. The van der Waals surface area contributed by atoms with Crippen molar-refractivity contribution in [2.24, 2.45) is 0 Å². The first-order valence-electron chi connectivity index (χ1n) is 6.46. The first-order chi connectivity index (χ1) is 10.3. The van der Waals surface area contributed by atoms with E-state index in [1.807, 2.05) is 26.0 Å². The molecule has 3 aromatic rings. The van der Waals surface area contributed by atoms with Gasteiger partial charge < -0.3 is 4.98 Å². The van der Waals surface area contributed by atoms with E-state index in [4.69, 9.17) is 0 Å². The average Bonchev–Trinajstić information content (AvgIpc) is 2.94. The predicted molar refractivity (Wildman–Crippen MR) is 81.4 cm³/mol. The van der Waals surface area contributed by atoms with Gasteiger partial charge in [0.2, 0.25) is 0 Å². The number of imidazole rings is 1. The second-order valence-electron chi connectivity index (χ2n) is 4.46. The number of fused-ring (bicyclic) bond motifs is 1. The third-order valence-electron chi connectivity index (χ3n) is 3.06. The van der Waals surface area contributed by atoms with Crippen molar-refractivity contribution < 1.29 is 0 Å². The van der Waals surface area contributed by atoms with Crippen LogP contribution in [-0.4, -0.2) is 19.9 Å². The van der Waals surface area contributed by atoms with Crippen molar-refractivity contribution in [3.8, 4) is 23.7 Å². The van der Waals surface area contributed by atoms with E-state index in [0.717, 1.165) is 33.4 Å². The van der Waals surface area contributed by atoms with E-state index in [1.54, 1.807) is 12.5 Å². The SMILES string of the molecule is CC#Cc1cc2[nH]cnc2cc1C#Cc1cncnc1C. The molecule has 4 nitrogen and oxygen atoms in total. The molecule has 21 heavy (non-hydrogen) atoms. The fraction of sp³-hybridized carbons (Fsp3) is 0.118. The largest absolute Gasteiger partial charge is 0.345 e. The Bertz CT molecular complexity index is 930. The first-order valence-corrected chi connectivity index (χ1v) is 6.46. The van der Waals surface area contributed by atoms with Gasteiger partial charge in [-0.3, -0.25) is 0 Å². The zero-order valence-corrected chi connectivity index (χ0v) is 11.7. The Morgan fingerprint density at radius 1 is 1.00 bits per heavy atom. The molecule has 0 aliphatic heterocycles. The van der Waals surface area contributed by atoms with Gasteiger partial charge in [0.25, 0.3) is 0 Å². The first kappa shape index (κ1) is 12.9. The fourth-order valence-electron chi connectivity index (χ4n) is 1.97. The van der Waals surface area contributed by atoms with Crippen LogP contribution in [0, 0.1) is 30.6 Å². The van der Waals surface area contributed by atoms with Gasteiger partial charge in [0.1, 0.15) is 6.33 Å². The number of H-pyrrole nitrogens is 1. The summed E-state index contributed by atoms with van der Waals surface area (Å²) in [7, 11) is 0. The van der Waals surface area contributed by atoms with E-state index in [2.05, 4.69) is 43.6 Å². The minimum absolute atomic E-state index is 0.815. The maximum Gasteiger partial charge on any atom is 0.115 e. The molecule has 0 radical (unpaired) electrons. The summed E-state index contributed by atoms with van der Waals surface area (Å²) >= 11 is 0. The maximum absolute atomic E-state index is 4.26. The maximum atomic E-state index is 4.26. The number of nitrogens with one attached hydrogen (secondary N) is 1. The van der Waals surface area contributed by atoms with Gasteiger partial charge in [-0.15, -0.1) is 5.92 Å². The third-order valence-corrected chi connectivity index (χ3v) is 3.06. The Kier molecular flexibility index (Phi) is 3.37. The van der Waals surface area contributed by atoms with E-state index in [0.29, 0.717) is 0 Å². The van der Waals surface area contributed by atoms with Gasteiger partial charge in [0.05, 0.1) is 28.6 Å². The average molecular weight is 272 g/mol. The summed E-state index contributed by atoms with van der Waals surface area (Å²) in [6.45, 7) is 3.72. The zero-order chi connectivity index (χ0) is 14.7. The summed E-state index contributed by atoms with van der Waals surface area (Å²) in [4.78, 5) is 15.5. The van der Waals surface area contributed by atoms with Gasteiger partial charge in [-0.05, 0) is 26.0 Å². The lowest BCUT2D eigenvalue weighted by atomic mass is 10.1. The molecule has 2 heterocycles. The number of benzene rings is 1. The van der Waals surface area contributed by atoms with Crippen LogP contribution in [0.5, 0.6) is 0 Å². The molecule has 1 aromatic carbocycles. The second kappa shape index (κ2) is 5.48. The highest BCUT2D eigenvalue weighted by molar-refractivity contribution is 5.79. The van der Waals surface area contributed by atoms with E-state index >= 15 is 0 Å². The number of rotatable bonds is 0. The van der Waals surface area contributed by atoms with Crippen molar-refractivity contribution in [3.63, 3.8) is 0 Å². The highest BCUT2D eigenvalue weighted by Gasteiger charge is 2.03. The molecule has 100 valence electrons. The molecule has 0 saturated carbocycles. The molecule has 0 fully saturated rings. The Morgan fingerprint density at radius 3 is 2.62 bits per heavy atom. The van der Waals surface area contributed by atoms with Gasteiger partial charge in [0, 0.05) is 17.3 Å². The number of aromatic nitrogens is 4. The smallest absolute Gasteiger partial charge is 0.115 e. The summed E-state index contributed by atoms with van der Waals surface area (Å²) < 4.78 is 0. The molecule has 0 saturated heterocycles. The zero-order valence-electron chi connectivity index (χ0n) is 11.7. The van der Waals surface area contributed by atoms with Crippen LogP contribution in [0.2, 0.25) is 0 Å². The summed E-state index contributed by atoms with van der Waals surface area (Å²) in [5.74, 6) is 12.2. The van der Waals surface area contributed by atoms with Crippen LogP contribution >= 0.6 is 0 Å². The van der Waals surface area contributed by atoms with Crippen molar-refractivity contribution in [1.29, 1.82) is 0 Å². The lowest BCUT2D eigenvalue weighted by molar-refractivity contribution is 1.09. The Balaban J connectivity index is 2.13. The van der Waals surface area contributed by atoms with Gasteiger partial charge in [-0.25, -0.2) is 15.0 Å². The van der Waals surface area contributed by atoms with Crippen LogP contribution in [0.15, 0.2) is 31.0 Å². The summed E-state index contributed by atoms with van der Waals surface area (Å²) in [6, 6.07) is 3.91. The van der Waals surface area contributed by atoms with E-state index in [1.165, 1.54) is 6.33 Å². The van der Waals surface area contributed by atoms with Crippen LogP contribution in [0.4, 0.5) is 0 Å². The van der Waals surface area contributed by atoms with Crippen LogP contribution < -0.4 is 0 Å². The molecule has 0 amide bonds. The lowest BCUT2D eigenvalue weighted by Crippen LogP contribution is -1.89. The van der Waals surface area contributed by atoms with E-state index in [-0.39, 0.29) is 0 Å². The van der Waals surface area contributed by atoms with Crippen molar-refractivity contribution in [2.75, 3.05) is 0 Å². The lowest BCUT2D eigenvalue weighted by Gasteiger charge is -1.98. The molecule has 0 atom stereocenters. The van der Waals surface area contributed by atoms with Crippen LogP contribution in [0.3, 0.4) is 0 Å². The minimum atomic E-state index is 0.815. The monoisotopic (exact) mass is 272 g/mol. The fourth-order valence-corrected chi connectivity index (χ4v) is 1.97. The highest BCUT2D eigenvalue weighted by atomic mass is 14.9. The Morgan fingerprint density at radius 2 is 1.81 bits per heavy atom. The van der Waals surface area contributed by atoms with Crippen molar-refractivity contribution in [1.82, 2.24) is 19.9 Å². The number of aromatic amines is 1. The number of aryl methyl sites for hydroxylation is 1. The third kappa shape index (κ3) is 2.61. The van der Waals surface area contributed by atoms with E-state index in [9.17, 15) is 0 Å². The molecule has 0 spiro atoms. The topological polar surface area (TPSA) is 54.5 Å². The summed E-state index contributed by atoms with van der Waals surface area (Å²) in [5.41, 5.74) is 5.25. The number of nitrogens with zero attached hydrogens (tertiary/aromatic N) is 3.